The summed E-state index contributed by atoms with van der Waals surface area (Å²) < 4.78 is 2.71. The Morgan fingerprint density at radius 3 is 2.80 bits per heavy atom. The number of rotatable bonds is 4. The van der Waals surface area contributed by atoms with Gasteiger partial charge in [0.1, 0.15) is 0 Å². The van der Waals surface area contributed by atoms with Crippen LogP contribution in [-0.2, 0) is 6.54 Å². The summed E-state index contributed by atoms with van der Waals surface area (Å²) in [5, 5.41) is 7.54. The van der Waals surface area contributed by atoms with Crippen LogP contribution >= 0.6 is 15.9 Å². The molecule has 0 radical (unpaired) electrons. The summed E-state index contributed by atoms with van der Waals surface area (Å²) >= 11 is 3.37. The molecule has 0 saturated heterocycles. The highest BCUT2D eigenvalue weighted by molar-refractivity contribution is 9.10. The van der Waals surface area contributed by atoms with Gasteiger partial charge in [-0.05, 0) is 46.3 Å². The molecule has 3 aromatic rings. The maximum absolute atomic E-state index is 4.36. The molecule has 3 heterocycles. The molecule has 0 bridgehead atoms. The van der Waals surface area contributed by atoms with Crippen LogP contribution in [0.15, 0.2) is 59.6 Å². The van der Waals surface area contributed by atoms with E-state index in [-0.39, 0.29) is 0 Å². The fraction of sp³-hybridized carbons (Fsp3) is 0.0714. The second kappa shape index (κ2) is 5.83. The summed E-state index contributed by atoms with van der Waals surface area (Å²) in [6, 6.07) is 9.69. The monoisotopic (exact) mass is 329 g/mol. The van der Waals surface area contributed by atoms with Crippen molar-refractivity contribution in [2.24, 2.45) is 0 Å². The lowest BCUT2D eigenvalue weighted by Gasteiger charge is -2.10. The first kappa shape index (κ1) is 12.8. The van der Waals surface area contributed by atoms with Gasteiger partial charge in [0, 0.05) is 29.3 Å². The summed E-state index contributed by atoms with van der Waals surface area (Å²) in [4.78, 5) is 8.69. The summed E-state index contributed by atoms with van der Waals surface area (Å²) in [5.74, 6) is 0.773. The number of nitrogens with zero attached hydrogens (tertiary/aromatic N) is 4. The molecule has 0 aliphatic heterocycles. The molecule has 100 valence electrons. The van der Waals surface area contributed by atoms with E-state index in [2.05, 4.69) is 36.3 Å². The first-order valence-electron chi connectivity index (χ1n) is 6.12. The largest absolute Gasteiger partial charge is 0.376 e. The number of nitrogens with one attached hydrogen (secondary N) is 1. The van der Waals surface area contributed by atoms with E-state index in [1.165, 1.54) is 0 Å². The van der Waals surface area contributed by atoms with Crippen LogP contribution in [0.3, 0.4) is 0 Å². The zero-order valence-corrected chi connectivity index (χ0v) is 12.2. The number of anilines is 1. The molecule has 0 spiro atoms. The molecule has 0 amide bonds. The molecule has 0 saturated carbocycles. The van der Waals surface area contributed by atoms with Crippen molar-refractivity contribution in [1.82, 2.24) is 19.7 Å². The highest BCUT2D eigenvalue weighted by Crippen LogP contribution is 2.17. The third-order valence-electron chi connectivity index (χ3n) is 2.76. The lowest BCUT2D eigenvalue weighted by molar-refractivity contribution is 0.845. The van der Waals surface area contributed by atoms with Crippen LogP contribution in [0.2, 0.25) is 0 Å². The SMILES string of the molecule is Brc1ccc(CNc2cccnc2-n2cccn2)nc1. The van der Waals surface area contributed by atoms with Crippen molar-refractivity contribution in [3.8, 4) is 5.82 Å². The van der Waals surface area contributed by atoms with Crippen molar-refractivity contribution in [3.05, 3.63) is 65.3 Å². The van der Waals surface area contributed by atoms with E-state index in [4.69, 9.17) is 0 Å². The number of halogens is 1. The number of hydrogen-bond donors (Lipinski definition) is 1. The number of pyridine rings is 2. The van der Waals surface area contributed by atoms with Crippen LogP contribution in [0.25, 0.3) is 5.82 Å². The average Bonchev–Trinajstić information content (AvgIpc) is 3.01. The molecule has 6 heteroatoms. The minimum absolute atomic E-state index is 0.632. The Balaban J connectivity index is 1.79. The molecule has 0 aromatic carbocycles. The van der Waals surface area contributed by atoms with Gasteiger partial charge in [0.2, 0.25) is 0 Å². The summed E-state index contributed by atoms with van der Waals surface area (Å²) in [6.45, 7) is 0.632. The van der Waals surface area contributed by atoms with E-state index in [9.17, 15) is 0 Å². The van der Waals surface area contributed by atoms with E-state index >= 15 is 0 Å². The molecule has 0 fully saturated rings. The smallest absolute Gasteiger partial charge is 0.176 e. The zero-order chi connectivity index (χ0) is 13.8. The molecule has 0 aliphatic rings. The highest BCUT2D eigenvalue weighted by Gasteiger charge is 2.05. The highest BCUT2D eigenvalue weighted by atomic mass is 79.9. The van der Waals surface area contributed by atoms with Gasteiger partial charge >= 0.3 is 0 Å². The van der Waals surface area contributed by atoms with E-state index < -0.39 is 0 Å². The minimum atomic E-state index is 0.632. The molecule has 5 nitrogen and oxygen atoms in total. The molecule has 20 heavy (non-hydrogen) atoms. The maximum atomic E-state index is 4.36. The van der Waals surface area contributed by atoms with E-state index in [1.807, 2.05) is 36.5 Å². The van der Waals surface area contributed by atoms with Gasteiger partial charge in [0.25, 0.3) is 0 Å². The predicted octanol–water partition coefficient (Wildman–Crippen LogP) is 3.04. The molecule has 3 rings (SSSR count). The first-order valence-corrected chi connectivity index (χ1v) is 6.91. The number of hydrogen-bond acceptors (Lipinski definition) is 4. The Morgan fingerprint density at radius 2 is 2.05 bits per heavy atom. The van der Waals surface area contributed by atoms with Gasteiger partial charge in [-0.3, -0.25) is 4.98 Å². The maximum Gasteiger partial charge on any atom is 0.176 e. The zero-order valence-electron chi connectivity index (χ0n) is 10.6. The van der Waals surface area contributed by atoms with E-state index in [0.717, 1.165) is 21.7 Å². The minimum Gasteiger partial charge on any atom is -0.376 e. The van der Waals surface area contributed by atoms with Crippen LogP contribution in [0, 0.1) is 0 Å². The molecule has 1 N–H and O–H groups in total. The standard InChI is InChI=1S/C14H12BrN5/c15-11-4-5-12(17-9-11)10-18-13-3-1-6-16-14(13)20-8-2-7-19-20/h1-9,18H,10H2. The first-order chi connectivity index (χ1) is 9.83. The van der Waals surface area contributed by atoms with Gasteiger partial charge in [-0.15, -0.1) is 0 Å². The van der Waals surface area contributed by atoms with Gasteiger partial charge in [0.05, 0.1) is 17.9 Å². The van der Waals surface area contributed by atoms with Crippen molar-refractivity contribution in [2.75, 3.05) is 5.32 Å². The Morgan fingerprint density at radius 1 is 1.10 bits per heavy atom. The topological polar surface area (TPSA) is 55.6 Å². The van der Waals surface area contributed by atoms with Gasteiger partial charge < -0.3 is 5.32 Å². The van der Waals surface area contributed by atoms with Crippen molar-refractivity contribution in [3.63, 3.8) is 0 Å². The second-order valence-corrected chi connectivity index (χ2v) is 5.06. The molecular weight excluding hydrogens is 318 g/mol. The van der Waals surface area contributed by atoms with E-state index in [0.29, 0.717) is 6.54 Å². The van der Waals surface area contributed by atoms with Gasteiger partial charge in [-0.2, -0.15) is 5.10 Å². The number of aromatic nitrogens is 4. The van der Waals surface area contributed by atoms with Crippen LogP contribution in [-0.4, -0.2) is 19.7 Å². The summed E-state index contributed by atoms with van der Waals surface area (Å²) in [7, 11) is 0. The molecular formula is C14H12BrN5. The average molecular weight is 330 g/mol. The third-order valence-corrected chi connectivity index (χ3v) is 3.23. The summed E-state index contributed by atoms with van der Waals surface area (Å²) in [6.07, 6.45) is 7.13. The predicted molar refractivity (Wildman–Crippen MR) is 80.6 cm³/mol. The van der Waals surface area contributed by atoms with E-state index in [1.54, 1.807) is 23.3 Å². The normalized spacial score (nSPS) is 10.4. The van der Waals surface area contributed by atoms with Crippen molar-refractivity contribution < 1.29 is 0 Å². The fourth-order valence-corrected chi connectivity index (χ4v) is 2.04. The Labute approximate surface area is 124 Å². The molecule has 0 aliphatic carbocycles. The third kappa shape index (κ3) is 2.85. The second-order valence-electron chi connectivity index (χ2n) is 4.15. The van der Waals surface area contributed by atoms with Crippen LogP contribution < -0.4 is 5.32 Å². The lowest BCUT2D eigenvalue weighted by atomic mass is 10.3. The van der Waals surface area contributed by atoms with Crippen LogP contribution in [0.5, 0.6) is 0 Å². The quantitative estimate of drug-likeness (QED) is 0.799. The van der Waals surface area contributed by atoms with Crippen molar-refractivity contribution in [1.29, 1.82) is 0 Å². The van der Waals surface area contributed by atoms with Gasteiger partial charge in [0.15, 0.2) is 5.82 Å². The molecule has 0 unspecified atom stereocenters. The Hall–Kier alpha value is -2.21. The fourth-order valence-electron chi connectivity index (χ4n) is 1.81. The molecule has 0 atom stereocenters. The Bertz CT molecular complexity index is 679. The van der Waals surface area contributed by atoms with Crippen molar-refractivity contribution in [2.45, 2.75) is 6.54 Å². The van der Waals surface area contributed by atoms with Crippen LogP contribution in [0.1, 0.15) is 5.69 Å². The van der Waals surface area contributed by atoms with Gasteiger partial charge in [-0.25, -0.2) is 9.67 Å². The lowest BCUT2D eigenvalue weighted by Crippen LogP contribution is -2.07. The van der Waals surface area contributed by atoms with Gasteiger partial charge in [-0.1, -0.05) is 0 Å². The Kier molecular flexibility index (Phi) is 3.73. The van der Waals surface area contributed by atoms with Crippen molar-refractivity contribution >= 4 is 21.6 Å². The molecule has 3 aromatic heterocycles. The van der Waals surface area contributed by atoms with Crippen LogP contribution in [0.4, 0.5) is 5.69 Å². The summed E-state index contributed by atoms with van der Waals surface area (Å²) in [5.41, 5.74) is 1.88.